The first-order chi connectivity index (χ1) is 21.8. The third-order valence-corrected chi connectivity index (χ3v) is 12.0. The number of hydrogen-bond donors (Lipinski definition) is 4. The van der Waals surface area contributed by atoms with Crippen molar-refractivity contribution in [1.29, 1.82) is 0 Å². The number of likely N-dealkylation sites (tertiary alicyclic amines) is 1. The molecular weight excluding hydrogens is 624 g/mol. The van der Waals surface area contributed by atoms with E-state index in [1.807, 2.05) is 20.8 Å². The third kappa shape index (κ3) is 8.36. The molecule has 1 heterocycles. The number of nitrogens with one attached hydrogen (secondary N) is 4. The minimum absolute atomic E-state index is 0.0691. The van der Waals surface area contributed by atoms with E-state index in [0.717, 1.165) is 31.9 Å². The molecule has 1 aliphatic heterocycles. The van der Waals surface area contributed by atoms with Gasteiger partial charge in [0.25, 0.3) is 5.91 Å². The highest BCUT2D eigenvalue weighted by molar-refractivity contribution is 7.88. The number of ketones is 1. The minimum Gasteiger partial charge on any atom is -0.346 e. The van der Waals surface area contributed by atoms with Crippen molar-refractivity contribution in [3.63, 3.8) is 0 Å². The number of likely N-dealkylation sites (N-methyl/N-ethyl adjacent to an activating group) is 1. The number of fused-ring (bicyclic) bond motifs is 1. The van der Waals surface area contributed by atoms with E-state index in [4.69, 9.17) is 0 Å². The Kier molecular flexibility index (Phi) is 10.9. The standard InChI is InChI=1S/C33H54N6O7S/c1-9-16-34-29(42)26(40)22(17-19-14-15-19)35-28(41)25-24-20(33(24,5)6)18-39(25)30(43)27(32(2,3)4)37-31(44)36-21-12-10-11-13-23(21)38(7)47(8,45)46/h9,19-25,27H,1,10-18H2,2-8H3,(H,34,42)(H,35,41)(H2,36,37,44)/t20-,21-,22?,23+,24-,25-,27+/m0/s1. The van der Waals surface area contributed by atoms with Crippen LogP contribution in [0.5, 0.6) is 0 Å². The van der Waals surface area contributed by atoms with Gasteiger partial charge < -0.3 is 26.2 Å². The van der Waals surface area contributed by atoms with Gasteiger partial charge in [0.2, 0.25) is 27.6 Å². The van der Waals surface area contributed by atoms with E-state index in [1.165, 1.54) is 22.3 Å². The van der Waals surface area contributed by atoms with E-state index in [-0.39, 0.29) is 29.7 Å². The highest BCUT2D eigenvalue weighted by Gasteiger charge is 2.70. The second-order valence-electron chi connectivity index (χ2n) is 15.6. The van der Waals surface area contributed by atoms with Crippen molar-refractivity contribution in [3.05, 3.63) is 12.7 Å². The SMILES string of the molecule is C=CCNC(=O)C(=O)C(CC1CC1)NC(=O)[C@@H]1[C@@H]2[C@H](CN1C(=O)[C@@H](NC(=O)N[C@H]1CCCC[C@H]1N(C)S(C)(=O)=O)C(C)(C)C)C2(C)C. The second-order valence-corrected chi connectivity index (χ2v) is 17.7. The molecule has 5 amide bonds. The van der Waals surface area contributed by atoms with E-state index in [0.29, 0.717) is 25.8 Å². The first-order valence-electron chi connectivity index (χ1n) is 16.8. The van der Waals surface area contributed by atoms with Crippen molar-refractivity contribution in [2.45, 2.75) is 110 Å². The van der Waals surface area contributed by atoms with Crippen LogP contribution in [-0.4, -0.2) is 104 Å². The smallest absolute Gasteiger partial charge is 0.315 e. The van der Waals surface area contributed by atoms with Gasteiger partial charge in [0.15, 0.2) is 0 Å². The summed E-state index contributed by atoms with van der Waals surface area (Å²) >= 11 is 0. The average molecular weight is 679 g/mol. The highest BCUT2D eigenvalue weighted by Crippen LogP contribution is 2.65. The van der Waals surface area contributed by atoms with Crippen LogP contribution in [0.2, 0.25) is 0 Å². The van der Waals surface area contributed by atoms with Crippen LogP contribution in [0.15, 0.2) is 12.7 Å². The molecule has 14 heteroatoms. The molecule has 0 aromatic carbocycles. The van der Waals surface area contributed by atoms with Gasteiger partial charge >= 0.3 is 6.03 Å². The van der Waals surface area contributed by atoms with Gasteiger partial charge in [-0.2, -0.15) is 0 Å². The van der Waals surface area contributed by atoms with Crippen LogP contribution < -0.4 is 21.3 Å². The van der Waals surface area contributed by atoms with Crippen LogP contribution >= 0.6 is 0 Å². The highest BCUT2D eigenvalue weighted by atomic mass is 32.2. The molecule has 264 valence electrons. The van der Waals surface area contributed by atoms with E-state index < -0.39 is 75.2 Å². The molecule has 4 N–H and O–H groups in total. The lowest BCUT2D eigenvalue weighted by Crippen LogP contribution is -2.63. The predicted molar refractivity (Wildman–Crippen MR) is 177 cm³/mol. The fourth-order valence-corrected chi connectivity index (χ4v) is 8.26. The summed E-state index contributed by atoms with van der Waals surface area (Å²) in [6.07, 6.45) is 7.71. The van der Waals surface area contributed by atoms with Crippen molar-refractivity contribution < 1.29 is 32.4 Å². The molecule has 0 aromatic heterocycles. The van der Waals surface area contributed by atoms with Crippen LogP contribution in [0.4, 0.5) is 4.79 Å². The maximum atomic E-state index is 14.3. The van der Waals surface area contributed by atoms with Crippen molar-refractivity contribution in [2.75, 3.05) is 26.4 Å². The molecule has 4 fully saturated rings. The van der Waals surface area contributed by atoms with Gasteiger partial charge in [-0.3, -0.25) is 19.2 Å². The van der Waals surface area contributed by atoms with Gasteiger partial charge in [-0.1, -0.05) is 66.4 Å². The van der Waals surface area contributed by atoms with Crippen LogP contribution in [0.3, 0.4) is 0 Å². The van der Waals surface area contributed by atoms with Crippen molar-refractivity contribution in [2.24, 2.45) is 28.6 Å². The van der Waals surface area contributed by atoms with E-state index >= 15 is 0 Å². The summed E-state index contributed by atoms with van der Waals surface area (Å²) in [5.74, 6) is -2.21. The minimum atomic E-state index is -3.48. The number of hydrogen-bond acceptors (Lipinski definition) is 7. The van der Waals surface area contributed by atoms with Crippen molar-refractivity contribution in [3.8, 4) is 0 Å². The maximum Gasteiger partial charge on any atom is 0.315 e. The van der Waals surface area contributed by atoms with Crippen LogP contribution in [0.1, 0.15) is 79.6 Å². The molecule has 13 nitrogen and oxygen atoms in total. The van der Waals surface area contributed by atoms with Crippen molar-refractivity contribution in [1.82, 2.24) is 30.5 Å². The fraction of sp³-hybridized carbons (Fsp3) is 0.788. The van der Waals surface area contributed by atoms with E-state index in [9.17, 15) is 32.4 Å². The number of Topliss-reactive ketones (excluding diaryl/α,β-unsaturated/α-hetero) is 1. The lowest BCUT2D eigenvalue weighted by Gasteiger charge is -2.39. The molecule has 0 spiro atoms. The summed E-state index contributed by atoms with van der Waals surface area (Å²) in [6.45, 7) is 13.6. The monoisotopic (exact) mass is 678 g/mol. The number of carbonyl (C=O) groups is 5. The lowest BCUT2D eigenvalue weighted by molar-refractivity contribution is -0.145. The summed E-state index contributed by atoms with van der Waals surface area (Å²) in [6, 6.07) is -4.28. The topological polar surface area (TPSA) is 174 Å². The van der Waals surface area contributed by atoms with Crippen LogP contribution in [0, 0.1) is 28.6 Å². The molecule has 1 unspecified atom stereocenters. The van der Waals surface area contributed by atoms with Crippen LogP contribution in [-0.2, 0) is 29.2 Å². The molecule has 0 aromatic rings. The second kappa shape index (κ2) is 13.9. The number of sulfonamides is 1. The molecule has 4 rings (SSSR count). The molecule has 1 saturated heterocycles. The van der Waals surface area contributed by atoms with E-state index in [1.54, 1.807) is 0 Å². The summed E-state index contributed by atoms with van der Waals surface area (Å²) in [4.78, 5) is 69.0. The molecular formula is C33H54N6O7S. The van der Waals surface area contributed by atoms with Gasteiger partial charge in [0, 0.05) is 32.2 Å². The normalized spacial score (nSPS) is 28.0. The molecule has 3 aliphatic carbocycles. The maximum absolute atomic E-state index is 14.3. The van der Waals surface area contributed by atoms with Gasteiger partial charge in [-0.15, -0.1) is 6.58 Å². The summed E-state index contributed by atoms with van der Waals surface area (Å²) in [7, 11) is -1.96. The predicted octanol–water partition coefficient (Wildman–Crippen LogP) is 1.54. The Morgan fingerprint density at radius 3 is 2.26 bits per heavy atom. The Bertz CT molecular complexity index is 1370. The number of piperidine rings is 1. The first-order valence-corrected chi connectivity index (χ1v) is 18.7. The first kappa shape index (κ1) is 36.8. The number of nitrogens with zero attached hydrogens (tertiary/aromatic N) is 2. The Morgan fingerprint density at radius 1 is 1.04 bits per heavy atom. The zero-order valence-corrected chi connectivity index (χ0v) is 29.7. The summed E-state index contributed by atoms with van der Waals surface area (Å²) in [5.41, 5.74) is -0.930. The van der Waals surface area contributed by atoms with Gasteiger partial charge in [-0.25, -0.2) is 17.5 Å². The average Bonchev–Trinajstić information content (AvgIpc) is 3.84. The molecule has 4 aliphatic rings. The number of urea groups is 1. The number of rotatable bonds is 13. The largest absolute Gasteiger partial charge is 0.346 e. The number of amides is 5. The Morgan fingerprint density at radius 2 is 1.68 bits per heavy atom. The zero-order valence-electron chi connectivity index (χ0n) is 28.9. The Hall–Kier alpha value is -3.00. The Labute approximate surface area is 279 Å². The Balaban J connectivity index is 1.51. The van der Waals surface area contributed by atoms with E-state index in [2.05, 4.69) is 41.7 Å². The lowest BCUT2D eigenvalue weighted by atomic mass is 9.85. The molecule has 3 saturated carbocycles. The summed E-state index contributed by atoms with van der Waals surface area (Å²) in [5, 5.41) is 11.1. The molecule has 7 atom stereocenters. The molecule has 0 bridgehead atoms. The zero-order chi connectivity index (χ0) is 35.1. The number of carbonyl (C=O) groups excluding carboxylic acids is 5. The van der Waals surface area contributed by atoms with Crippen LogP contribution in [0.25, 0.3) is 0 Å². The van der Waals surface area contributed by atoms with Gasteiger partial charge in [0.1, 0.15) is 12.1 Å². The third-order valence-electron chi connectivity index (χ3n) is 10.7. The molecule has 47 heavy (non-hydrogen) atoms. The molecule has 0 radical (unpaired) electrons. The van der Waals surface area contributed by atoms with Gasteiger partial charge in [0.05, 0.1) is 12.3 Å². The quantitative estimate of drug-likeness (QED) is 0.169. The van der Waals surface area contributed by atoms with Gasteiger partial charge in [-0.05, 0) is 47.8 Å². The van der Waals surface area contributed by atoms with Crippen molar-refractivity contribution >= 4 is 39.6 Å². The fourth-order valence-electron chi connectivity index (χ4n) is 7.52. The summed E-state index contributed by atoms with van der Waals surface area (Å²) < 4.78 is 25.9.